The van der Waals surface area contributed by atoms with Crippen LogP contribution in [-0.4, -0.2) is 12.3 Å². The number of rotatable bonds is 6. The van der Waals surface area contributed by atoms with E-state index in [1.807, 2.05) is 6.92 Å². The maximum atomic E-state index is 12.2. The molecule has 0 aliphatic carbocycles. The van der Waals surface area contributed by atoms with Crippen molar-refractivity contribution in [3.05, 3.63) is 34.4 Å². The summed E-state index contributed by atoms with van der Waals surface area (Å²) in [5.41, 5.74) is 10.4. The summed E-state index contributed by atoms with van der Waals surface area (Å²) in [4.78, 5) is 12.2. The van der Waals surface area contributed by atoms with Gasteiger partial charge in [0.2, 0.25) is 0 Å². The molecule has 2 N–H and O–H groups in total. The second kappa shape index (κ2) is 6.69. The Bertz CT molecular complexity index is 400. The second-order valence-corrected chi connectivity index (χ2v) is 5.35. The SMILES string of the molecule is Cc1cc(C)c(CC(=O)C(C)CCCN)c(C)c1. The van der Waals surface area contributed by atoms with Gasteiger partial charge in [-0.15, -0.1) is 0 Å². The highest BCUT2D eigenvalue weighted by Gasteiger charge is 2.15. The van der Waals surface area contributed by atoms with Gasteiger partial charge in [0.25, 0.3) is 0 Å². The zero-order valence-corrected chi connectivity index (χ0v) is 12.0. The smallest absolute Gasteiger partial charge is 0.140 e. The van der Waals surface area contributed by atoms with E-state index in [1.165, 1.54) is 22.3 Å². The number of carbonyl (C=O) groups is 1. The van der Waals surface area contributed by atoms with Crippen LogP contribution in [0.4, 0.5) is 0 Å². The molecule has 2 nitrogen and oxygen atoms in total. The number of Topliss-reactive ketones (excluding diaryl/α,β-unsaturated/α-hetero) is 1. The van der Waals surface area contributed by atoms with Crippen molar-refractivity contribution in [3.8, 4) is 0 Å². The molecule has 0 spiro atoms. The summed E-state index contributed by atoms with van der Waals surface area (Å²) in [6, 6.07) is 4.31. The Morgan fingerprint density at radius 2 is 1.78 bits per heavy atom. The molecule has 0 saturated carbocycles. The number of carbonyl (C=O) groups excluding carboxylic acids is 1. The maximum absolute atomic E-state index is 12.2. The molecule has 100 valence electrons. The predicted octanol–water partition coefficient (Wildman–Crippen LogP) is 3.10. The second-order valence-electron chi connectivity index (χ2n) is 5.35. The molecule has 0 aromatic heterocycles. The molecule has 1 aromatic carbocycles. The van der Waals surface area contributed by atoms with Gasteiger partial charge in [-0.05, 0) is 56.8 Å². The number of aryl methyl sites for hydroxylation is 3. The van der Waals surface area contributed by atoms with Crippen molar-refractivity contribution in [1.29, 1.82) is 0 Å². The van der Waals surface area contributed by atoms with Crippen molar-refractivity contribution in [2.24, 2.45) is 11.7 Å². The normalized spacial score (nSPS) is 12.5. The van der Waals surface area contributed by atoms with Crippen molar-refractivity contribution < 1.29 is 4.79 Å². The summed E-state index contributed by atoms with van der Waals surface area (Å²) < 4.78 is 0. The monoisotopic (exact) mass is 247 g/mol. The zero-order valence-electron chi connectivity index (χ0n) is 12.0. The Labute approximate surface area is 111 Å². The molecule has 1 unspecified atom stereocenters. The average molecular weight is 247 g/mol. The maximum Gasteiger partial charge on any atom is 0.140 e. The molecule has 0 amide bonds. The first-order valence-electron chi connectivity index (χ1n) is 6.75. The summed E-state index contributed by atoms with van der Waals surface area (Å²) >= 11 is 0. The fourth-order valence-corrected chi connectivity index (χ4v) is 2.42. The van der Waals surface area contributed by atoms with E-state index in [0.29, 0.717) is 18.7 Å². The van der Waals surface area contributed by atoms with Crippen molar-refractivity contribution in [2.75, 3.05) is 6.54 Å². The first-order valence-corrected chi connectivity index (χ1v) is 6.75. The Kier molecular flexibility index (Phi) is 5.54. The zero-order chi connectivity index (χ0) is 13.7. The van der Waals surface area contributed by atoms with Crippen LogP contribution >= 0.6 is 0 Å². The Balaban J connectivity index is 2.76. The van der Waals surface area contributed by atoms with E-state index in [4.69, 9.17) is 5.73 Å². The number of nitrogens with two attached hydrogens (primary N) is 1. The van der Waals surface area contributed by atoms with Crippen LogP contribution in [0.2, 0.25) is 0 Å². The lowest BCUT2D eigenvalue weighted by Gasteiger charge is -2.14. The van der Waals surface area contributed by atoms with E-state index in [-0.39, 0.29) is 5.92 Å². The summed E-state index contributed by atoms with van der Waals surface area (Å²) in [7, 11) is 0. The van der Waals surface area contributed by atoms with Crippen LogP contribution in [0.5, 0.6) is 0 Å². The van der Waals surface area contributed by atoms with Gasteiger partial charge in [0.1, 0.15) is 5.78 Å². The molecule has 1 aromatic rings. The first-order chi connectivity index (χ1) is 8.45. The molecule has 18 heavy (non-hydrogen) atoms. The number of hydrogen-bond acceptors (Lipinski definition) is 2. The van der Waals surface area contributed by atoms with Gasteiger partial charge in [-0.3, -0.25) is 4.79 Å². The van der Waals surface area contributed by atoms with Gasteiger partial charge in [-0.2, -0.15) is 0 Å². The van der Waals surface area contributed by atoms with Gasteiger partial charge in [-0.25, -0.2) is 0 Å². The van der Waals surface area contributed by atoms with E-state index in [2.05, 4.69) is 32.9 Å². The lowest BCUT2D eigenvalue weighted by Crippen LogP contribution is -2.16. The van der Waals surface area contributed by atoms with Crippen LogP contribution in [-0.2, 0) is 11.2 Å². The third-order valence-electron chi connectivity index (χ3n) is 3.58. The first kappa shape index (κ1) is 14.9. The molecular weight excluding hydrogens is 222 g/mol. The molecule has 0 fully saturated rings. The predicted molar refractivity (Wildman–Crippen MR) is 76.8 cm³/mol. The average Bonchev–Trinajstić information content (AvgIpc) is 2.30. The number of ketones is 1. The fraction of sp³-hybridized carbons (Fsp3) is 0.562. The topological polar surface area (TPSA) is 43.1 Å². The minimum Gasteiger partial charge on any atom is -0.330 e. The Morgan fingerprint density at radius 1 is 1.22 bits per heavy atom. The Morgan fingerprint density at radius 3 is 2.28 bits per heavy atom. The molecule has 0 radical (unpaired) electrons. The molecule has 2 heteroatoms. The van der Waals surface area contributed by atoms with Gasteiger partial charge < -0.3 is 5.73 Å². The molecule has 0 aliphatic heterocycles. The molecular formula is C16H25NO. The fourth-order valence-electron chi connectivity index (χ4n) is 2.42. The van der Waals surface area contributed by atoms with Crippen LogP contribution in [0.25, 0.3) is 0 Å². The minimum absolute atomic E-state index is 0.119. The van der Waals surface area contributed by atoms with Gasteiger partial charge in [0, 0.05) is 12.3 Å². The van der Waals surface area contributed by atoms with Gasteiger partial charge in [-0.1, -0.05) is 24.6 Å². The summed E-state index contributed by atoms with van der Waals surface area (Å²) in [6.07, 6.45) is 2.39. The molecule has 0 saturated heterocycles. The van der Waals surface area contributed by atoms with Gasteiger partial charge in [0.05, 0.1) is 0 Å². The van der Waals surface area contributed by atoms with Crippen molar-refractivity contribution in [2.45, 2.75) is 47.0 Å². The number of benzene rings is 1. The third-order valence-corrected chi connectivity index (χ3v) is 3.58. The van der Waals surface area contributed by atoms with Gasteiger partial charge >= 0.3 is 0 Å². The quantitative estimate of drug-likeness (QED) is 0.839. The van der Waals surface area contributed by atoms with Crippen LogP contribution in [0.15, 0.2) is 12.1 Å². The largest absolute Gasteiger partial charge is 0.330 e. The van der Waals surface area contributed by atoms with Crippen molar-refractivity contribution in [3.63, 3.8) is 0 Å². The van der Waals surface area contributed by atoms with E-state index < -0.39 is 0 Å². The van der Waals surface area contributed by atoms with Crippen LogP contribution in [0.1, 0.15) is 42.0 Å². The van der Waals surface area contributed by atoms with E-state index in [1.54, 1.807) is 0 Å². The van der Waals surface area contributed by atoms with Crippen molar-refractivity contribution in [1.82, 2.24) is 0 Å². The molecule has 1 rings (SSSR count). The van der Waals surface area contributed by atoms with Crippen LogP contribution < -0.4 is 5.73 Å². The highest BCUT2D eigenvalue weighted by Crippen LogP contribution is 2.19. The van der Waals surface area contributed by atoms with E-state index in [9.17, 15) is 4.79 Å². The summed E-state index contributed by atoms with van der Waals surface area (Å²) in [6.45, 7) is 8.95. The van der Waals surface area contributed by atoms with E-state index in [0.717, 1.165) is 12.8 Å². The lowest BCUT2D eigenvalue weighted by atomic mass is 9.90. The van der Waals surface area contributed by atoms with Crippen molar-refractivity contribution >= 4 is 5.78 Å². The molecule has 0 bridgehead atoms. The van der Waals surface area contributed by atoms with E-state index >= 15 is 0 Å². The number of hydrogen-bond donors (Lipinski definition) is 1. The third kappa shape index (κ3) is 3.95. The molecule has 0 aliphatic rings. The standard InChI is InChI=1S/C16H25NO/c1-11-8-13(3)15(14(4)9-11)10-16(18)12(2)6-5-7-17/h8-9,12H,5-7,10,17H2,1-4H3. The summed E-state index contributed by atoms with van der Waals surface area (Å²) in [5.74, 6) is 0.451. The minimum atomic E-state index is 0.119. The Hall–Kier alpha value is -1.15. The van der Waals surface area contributed by atoms with Crippen LogP contribution in [0, 0.1) is 26.7 Å². The summed E-state index contributed by atoms with van der Waals surface area (Å²) in [5, 5.41) is 0. The molecule has 1 atom stereocenters. The molecule has 0 heterocycles. The highest BCUT2D eigenvalue weighted by molar-refractivity contribution is 5.83. The van der Waals surface area contributed by atoms with Gasteiger partial charge in [0.15, 0.2) is 0 Å². The van der Waals surface area contributed by atoms with Crippen LogP contribution in [0.3, 0.4) is 0 Å². The lowest BCUT2D eigenvalue weighted by molar-refractivity contribution is -0.121. The highest BCUT2D eigenvalue weighted by atomic mass is 16.1.